The summed E-state index contributed by atoms with van der Waals surface area (Å²) >= 11 is 1.35. The van der Waals surface area contributed by atoms with Crippen LogP contribution >= 0.6 is 11.3 Å². The number of para-hydroxylation sites is 2. The number of anilines is 2. The molecule has 0 saturated carbocycles. The zero-order valence-corrected chi connectivity index (χ0v) is 20.6. The van der Waals surface area contributed by atoms with Crippen LogP contribution in [0.25, 0.3) is 6.08 Å². The van der Waals surface area contributed by atoms with Gasteiger partial charge in [-0.05, 0) is 34.7 Å². The van der Waals surface area contributed by atoms with E-state index in [0.29, 0.717) is 10.6 Å². The van der Waals surface area contributed by atoms with E-state index in [4.69, 9.17) is 0 Å². The highest BCUT2D eigenvalue weighted by Gasteiger charge is 2.70. The van der Waals surface area contributed by atoms with Crippen LogP contribution in [0.2, 0.25) is 0 Å². The Morgan fingerprint density at radius 3 is 2.49 bits per heavy atom. The van der Waals surface area contributed by atoms with Crippen molar-refractivity contribution in [2.45, 2.75) is 38.3 Å². The van der Waals surface area contributed by atoms with Gasteiger partial charge in [-0.2, -0.15) is 0 Å². The van der Waals surface area contributed by atoms with E-state index < -0.39 is 28.8 Å². The number of hydrogen-bond donors (Lipinski definition) is 1. The molecule has 1 saturated heterocycles. The van der Waals surface area contributed by atoms with Crippen LogP contribution in [0.1, 0.15) is 41.6 Å². The van der Waals surface area contributed by atoms with Crippen molar-refractivity contribution in [1.29, 1.82) is 0 Å². The number of thiophene rings is 1. The van der Waals surface area contributed by atoms with E-state index in [-0.39, 0.29) is 17.5 Å². The Kier molecular flexibility index (Phi) is 4.71. The normalized spacial score (nSPS) is 26.3. The molecule has 6 rings (SSSR count). The van der Waals surface area contributed by atoms with E-state index in [1.807, 2.05) is 92.9 Å². The maximum atomic E-state index is 14.3. The molecule has 0 unspecified atom stereocenters. The van der Waals surface area contributed by atoms with E-state index in [2.05, 4.69) is 10.2 Å². The third-order valence-corrected chi connectivity index (χ3v) is 8.48. The standard InChI is InChI=1S/C29H26N2O3S/c1-28(2,3)26(33)24-23(25(32)21-13-8-16-35-21)29(18-10-5-6-11-19(18)30-27(29)34)22-15-14-17-9-4-7-12-20(17)31(22)24/h4-16,22-24H,1-3H3,(H,30,34)/t22-,23+,24-,29-/m1/s1. The van der Waals surface area contributed by atoms with Crippen molar-refractivity contribution >= 4 is 46.3 Å². The van der Waals surface area contributed by atoms with Crippen LogP contribution in [0.3, 0.4) is 0 Å². The maximum absolute atomic E-state index is 14.3. The first-order valence-corrected chi connectivity index (χ1v) is 12.7. The van der Waals surface area contributed by atoms with Crippen molar-refractivity contribution in [3.05, 3.63) is 88.1 Å². The van der Waals surface area contributed by atoms with Gasteiger partial charge >= 0.3 is 0 Å². The molecule has 4 atom stereocenters. The zero-order chi connectivity index (χ0) is 24.5. The van der Waals surface area contributed by atoms with Crippen molar-refractivity contribution in [2.75, 3.05) is 10.2 Å². The number of carbonyl (C=O) groups is 3. The molecule has 35 heavy (non-hydrogen) atoms. The van der Waals surface area contributed by atoms with Crippen LogP contribution < -0.4 is 10.2 Å². The molecule has 3 aromatic rings. The first-order valence-electron chi connectivity index (χ1n) is 11.8. The highest BCUT2D eigenvalue weighted by atomic mass is 32.1. The topological polar surface area (TPSA) is 66.5 Å². The summed E-state index contributed by atoms with van der Waals surface area (Å²) < 4.78 is 0. The van der Waals surface area contributed by atoms with Crippen LogP contribution in [0.5, 0.6) is 0 Å². The summed E-state index contributed by atoms with van der Waals surface area (Å²) in [5.41, 5.74) is 1.40. The van der Waals surface area contributed by atoms with Crippen LogP contribution in [-0.2, 0) is 15.0 Å². The number of Topliss-reactive ketones (excluding diaryl/α,β-unsaturated/α-hetero) is 2. The minimum Gasteiger partial charge on any atom is -0.352 e. The first kappa shape index (κ1) is 22.0. The van der Waals surface area contributed by atoms with Crippen LogP contribution in [0, 0.1) is 11.3 Å². The van der Waals surface area contributed by atoms with Crippen molar-refractivity contribution in [3.63, 3.8) is 0 Å². The Labute approximate surface area is 208 Å². The Balaban J connectivity index is 1.69. The molecule has 3 aliphatic rings. The van der Waals surface area contributed by atoms with Gasteiger partial charge in [0, 0.05) is 16.8 Å². The summed E-state index contributed by atoms with van der Waals surface area (Å²) in [5, 5.41) is 4.92. The Morgan fingerprint density at radius 1 is 1.00 bits per heavy atom. The quantitative estimate of drug-likeness (QED) is 0.512. The predicted octanol–water partition coefficient (Wildman–Crippen LogP) is 5.34. The Bertz CT molecular complexity index is 1400. The molecule has 1 fully saturated rings. The second kappa shape index (κ2) is 7.49. The smallest absolute Gasteiger partial charge is 0.238 e. The van der Waals surface area contributed by atoms with Gasteiger partial charge in [0.25, 0.3) is 0 Å². The number of benzene rings is 2. The predicted molar refractivity (Wildman–Crippen MR) is 139 cm³/mol. The summed E-state index contributed by atoms with van der Waals surface area (Å²) in [6, 6.07) is 17.8. The second-order valence-electron chi connectivity index (χ2n) is 10.5. The largest absolute Gasteiger partial charge is 0.352 e. The summed E-state index contributed by atoms with van der Waals surface area (Å²) in [6.07, 6.45) is 4.03. The van der Waals surface area contributed by atoms with Gasteiger partial charge in [0.1, 0.15) is 11.5 Å². The van der Waals surface area contributed by atoms with E-state index in [1.165, 1.54) is 11.3 Å². The Morgan fingerprint density at radius 2 is 1.74 bits per heavy atom. The van der Waals surface area contributed by atoms with E-state index in [1.54, 1.807) is 6.07 Å². The molecule has 1 N–H and O–H groups in total. The highest BCUT2D eigenvalue weighted by Crippen LogP contribution is 2.58. The van der Waals surface area contributed by atoms with Gasteiger partial charge in [-0.3, -0.25) is 14.4 Å². The fourth-order valence-corrected chi connectivity index (χ4v) is 6.84. The van der Waals surface area contributed by atoms with E-state index in [0.717, 1.165) is 16.8 Å². The molecular formula is C29H26N2O3S. The molecule has 0 radical (unpaired) electrons. The first-order chi connectivity index (χ1) is 16.8. The molecule has 1 aromatic heterocycles. The molecule has 6 heteroatoms. The lowest BCUT2D eigenvalue weighted by Crippen LogP contribution is -2.51. The summed E-state index contributed by atoms with van der Waals surface area (Å²) in [6.45, 7) is 5.66. The zero-order valence-electron chi connectivity index (χ0n) is 19.8. The minimum absolute atomic E-state index is 0.0448. The summed E-state index contributed by atoms with van der Waals surface area (Å²) in [5.74, 6) is -1.31. The van der Waals surface area contributed by atoms with Crippen LogP contribution in [0.15, 0.2) is 72.1 Å². The van der Waals surface area contributed by atoms with Crippen molar-refractivity contribution in [2.24, 2.45) is 11.3 Å². The van der Waals surface area contributed by atoms with Gasteiger partial charge < -0.3 is 10.2 Å². The van der Waals surface area contributed by atoms with E-state index >= 15 is 0 Å². The molecule has 5 nitrogen and oxygen atoms in total. The number of nitrogens with one attached hydrogen (secondary N) is 1. The summed E-state index contributed by atoms with van der Waals surface area (Å²) in [7, 11) is 0. The lowest BCUT2D eigenvalue weighted by molar-refractivity contribution is -0.128. The molecule has 0 aliphatic carbocycles. The second-order valence-corrected chi connectivity index (χ2v) is 11.5. The van der Waals surface area contributed by atoms with Gasteiger partial charge in [-0.1, -0.05) is 75.4 Å². The molecular weight excluding hydrogens is 456 g/mol. The number of rotatable bonds is 3. The maximum Gasteiger partial charge on any atom is 0.238 e. The number of hydrogen-bond acceptors (Lipinski definition) is 5. The van der Waals surface area contributed by atoms with E-state index in [9.17, 15) is 14.4 Å². The number of fused-ring (bicyclic) bond motifs is 6. The molecule has 4 heterocycles. The molecule has 1 spiro atoms. The number of amides is 1. The van der Waals surface area contributed by atoms with Crippen molar-refractivity contribution in [1.82, 2.24) is 0 Å². The number of nitrogens with zero attached hydrogens (tertiary/aromatic N) is 1. The monoisotopic (exact) mass is 482 g/mol. The van der Waals surface area contributed by atoms with Gasteiger partial charge in [0.15, 0.2) is 11.6 Å². The number of ketones is 2. The molecule has 0 bridgehead atoms. The third-order valence-electron chi connectivity index (χ3n) is 7.60. The van der Waals surface area contributed by atoms with Crippen molar-refractivity contribution in [3.8, 4) is 0 Å². The fraction of sp³-hybridized carbons (Fsp3) is 0.276. The minimum atomic E-state index is -1.23. The highest BCUT2D eigenvalue weighted by molar-refractivity contribution is 7.12. The molecule has 1 amide bonds. The van der Waals surface area contributed by atoms with Gasteiger partial charge in [-0.15, -0.1) is 11.3 Å². The van der Waals surface area contributed by atoms with Gasteiger partial charge in [0.05, 0.1) is 16.8 Å². The SMILES string of the molecule is CC(C)(C)C(=O)[C@H]1[C@@H](C(=O)c2cccs2)[C@]2(C(=O)Nc3ccccc32)[C@H]2C=Cc3ccccc3N12. The third kappa shape index (κ3) is 2.89. The van der Waals surface area contributed by atoms with Gasteiger partial charge in [0.2, 0.25) is 5.91 Å². The lowest BCUT2D eigenvalue weighted by Gasteiger charge is -2.38. The van der Waals surface area contributed by atoms with Crippen molar-refractivity contribution < 1.29 is 14.4 Å². The van der Waals surface area contributed by atoms with Crippen LogP contribution in [0.4, 0.5) is 11.4 Å². The van der Waals surface area contributed by atoms with Crippen LogP contribution in [-0.4, -0.2) is 29.6 Å². The average molecular weight is 483 g/mol. The average Bonchev–Trinajstić information content (AvgIpc) is 3.55. The number of carbonyl (C=O) groups excluding carboxylic acids is 3. The molecule has 3 aliphatic heterocycles. The lowest BCUT2D eigenvalue weighted by atomic mass is 9.64. The fourth-order valence-electron chi connectivity index (χ4n) is 6.14. The molecule has 176 valence electrons. The summed E-state index contributed by atoms with van der Waals surface area (Å²) in [4.78, 5) is 45.3. The molecule has 2 aromatic carbocycles. The Hall–Kier alpha value is -3.51. The van der Waals surface area contributed by atoms with Gasteiger partial charge in [-0.25, -0.2) is 0 Å².